The van der Waals surface area contributed by atoms with Crippen LogP contribution in [0.25, 0.3) is 0 Å². The highest BCUT2D eigenvalue weighted by molar-refractivity contribution is 7.11. The summed E-state index contributed by atoms with van der Waals surface area (Å²) in [6.45, 7) is 6.77. The number of nitrogens with one attached hydrogen (secondary N) is 1. The van der Waals surface area contributed by atoms with Crippen LogP contribution < -0.4 is 15.7 Å². The Labute approximate surface area is 155 Å². The molecule has 0 atom stereocenters. The van der Waals surface area contributed by atoms with Gasteiger partial charge in [0, 0.05) is 24.8 Å². The van der Waals surface area contributed by atoms with Crippen LogP contribution >= 0.6 is 11.3 Å². The normalized spacial score (nSPS) is 11.3. The van der Waals surface area contributed by atoms with Crippen molar-refractivity contribution in [3.63, 3.8) is 0 Å². The van der Waals surface area contributed by atoms with E-state index in [1.54, 1.807) is 31.2 Å². The Morgan fingerprint density at radius 1 is 1.19 bits per heavy atom. The van der Waals surface area contributed by atoms with Crippen LogP contribution in [-0.4, -0.2) is 29.6 Å². The molecule has 8 heteroatoms. The van der Waals surface area contributed by atoms with Gasteiger partial charge >= 0.3 is 5.97 Å². The molecule has 0 fully saturated rings. The van der Waals surface area contributed by atoms with Crippen molar-refractivity contribution in [3.05, 3.63) is 55.9 Å². The zero-order valence-corrected chi connectivity index (χ0v) is 15.8. The molecule has 1 amide bonds. The molecule has 2 rings (SSSR count). The average Bonchev–Trinajstić information content (AvgIpc) is 2.62. The monoisotopic (exact) mass is 375 g/mol. The summed E-state index contributed by atoms with van der Waals surface area (Å²) in [4.78, 5) is 41.4. The Kier molecular flexibility index (Phi) is 6.85. The molecule has 0 saturated heterocycles. The number of ether oxygens (including phenoxy) is 1. The third-order valence-electron chi connectivity index (χ3n) is 3.44. The Bertz CT molecular complexity index is 913. The molecule has 0 unspecified atom stereocenters. The molecule has 26 heavy (non-hydrogen) atoms. The molecule has 1 heterocycles. The van der Waals surface area contributed by atoms with Crippen LogP contribution in [0.1, 0.15) is 40.8 Å². The van der Waals surface area contributed by atoms with Gasteiger partial charge in [0.15, 0.2) is 4.80 Å². The lowest BCUT2D eigenvalue weighted by Crippen LogP contribution is -2.32. The van der Waals surface area contributed by atoms with E-state index in [1.165, 1.54) is 10.6 Å². The average molecular weight is 375 g/mol. The summed E-state index contributed by atoms with van der Waals surface area (Å²) in [6.07, 6.45) is 0. The number of esters is 1. The van der Waals surface area contributed by atoms with Crippen LogP contribution in [0.4, 0.5) is 5.69 Å². The molecule has 0 aliphatic carbocycles. The van der Waals surface area contributed by atoms with E-state index in [0.717, 1.165) is 11.3 Å². The van der Waals surface area contributed by atoms with Gasteiger partial charge < -0.3 is 10.1 Å². The lowest BCUT2D eigenvalue weighted by molar-refractivity contribution is 0.0526. The molecule has 0 radical (unpaired) electrons. The summed E-state index contributed by atoms with van der Waals surface area (Å²) < 4.78 is 6.44. The molecule has 1 aromatic heterocycles. The number of benzene rings is 1. The first kappa shape index (κ1) is 19.6. The highest BCUT2D eigenvalue weighted by atomic mass is 32.1. The SMILES string of the molecule is CCN=c1sc(C(=O)Nc2ccc(C(=O)OCC)cc2)cc(=O)n1CC. The van der Waals surface area contributed by atoms with Gasteiger partial charge in [0.2, 0.25) is 0 Å². The molecule has 1 aromatic carbocycles. The fourth-order valence-corrected chi connectivity index (χ4v) is 3.24. The zero-order chi connectivity index (χ0) is 19.1. The number of rotatable bonds is 6. The Morgan fingerprint density at radius 3 is 2.46 bits per heavy atom. The topological polar surface area (TPSA) is 89.8 Å². The third kappa shape index (κ3) is 4.66. The molecule has 0 spiro atoms. The summed E-state index contributed by atoms with van der Waals surface area (Å²) in [5, 5.41) is 2.72. The van der Waals surface area contributed by atoms with E-state index >= 15 is 0 Å². The molecule has 138 valence electrons. The number of carbonyl (C=O) groups is 2. The highest BCUT2D eigenvalue weighted by Crippen LogP contribution is 2.12. The van der Waals surface area contributed by atoms with Crippen molar-refractivity contribution in [1.82, 2.24) is 4.57 Å². The van der Waals surface area contributed by atoms with Crippen molar-refractivity contribution >= 4 is 28.9 Å². The lowest BCUT2D eigenvalue weighted by atomic mass is 10.2. The Hall–Kier alpha value is -2.74. The standard InChI is InChI=1S/C18H21N3O4S/c1-4-19-18-21(5-2)15(22)11-14(26-18)16(23)20-13-9-7-12(8-10-13)17(24)25-6-3/h7-11H,4-6H2,1-3H3,(H,20,23). The Balaban J connectivity index is 2.24. The second kappa shape index (κ2) is 9.10. The second-order valence-electron chi connectivity index (χ2n) is 5.20. The van der Waals surface area contributed by atoms with Crippen molar-refractivity contribution in [2.24, 2.45) is 4.99 Å². The van der Waals surface area contributed by atoms with E-state index in [4.69, 9.17) is 4.74 Å². The molecule has 0 saturated carbocycles. The van der Waals surface area contributed by atoms with E-state index < -0.39 is 11.9 Å². The number of nitrogens with zero attached hydrogens (tertiary/aromatic N) is 2. The van der Waals surface area contributed by atoms with Gasteiger partial charge in [0.05, 0.1) is 12.2 Å². The van der Waals surface area contributed by atoms with Crippen molar-refractivity contribution in [2.45, 2.75) is 27.3 Å². The largest absolute Gasteiger partial charge is 0.462 e. The minimum atomic E-state index is -0.415. The van der Waals surface area contributed by atoms with Crippen molar-refractivity contribution in [1.29, 1.82) is 0 Å². The van der Waals surface area contributed by atoms with Gasteiger partial charge in [0.1, 0.15) is 4.88 Å². The molecule has 7 nitrogen and oxygen atoms in total. The smallest absolute Gasteiger partial charge is 0.338 e. The summed E-state index contributed by atoms with van der Waals surface area (Å²) in [5.74, 6) is -0.812. The third-order valence-corrected chi connectivity index (χ3v) is 4.50. The van der Waals surface area contributed by atoms with E-state index in [0.29, 0.717) is 35.7 Å². The van der Waals surface area contributed by atoms with Crippen LogP contribution in [0.15, 0.2) is 40.1 Å². The quantitative estimate of drug-likeness (QED) is 0.785. The Morgan fingerprint density at radius 2 is 1.88 bits per heavy atom. The number of aromatic nitrogens is 1. The van der Waals surface area contributed by atoms with Gasteiger partial charge in [-0.25, -0.2) is 4.79 Å². The maximum atomic E-state index is 12.5. The zero-order valence-electron chi connectivity index (χ0n) is 14.9. The summed E-state index contributed by atoms with van der Waals surface area (Å²) in [6, 6.07) is 7.68. The van der Waals surface area contributed by atoms with E-state index in [9.17, 15) is 14.4 Å². The van der Waals surface area contributed by atoms with E-state index in [1.807, 2.05) is 13.8 Å². The molecule has 2 aromatic rings. The number of hydrogen-bond donors (Lipinski definition) is 1. The maximum Gasteiger partial charge on any atom is 0.338 e. The summed E-state index contributed by atoms with van der Waals surface area (Å²) in [7, 11) is 0. The van der Waals surface area contributed by atoms with Gasteiger partial charge in [-0.15, -0.1) is 0 Å². The number of hydrogen-bond acceptors (Lipinski definition) is 6. The van der Waals surface area contributed by atoms with Gasteiger partial charge in [0.25, 0.3) is 11.5 Å². The van der Waals surface area contributed by atoms with Crippen molar-refractivity contribution < 1.29 is 14.3 Å². The van der Waals surface area contributed by atoms with Crippen LogP contribution in [0.5, 0.6) is 0 Å². The van der Waals surface area contributed by atoms with Crippen LogP contribution in [0.2, 0.25) is 0 Å². The predicted molar refractivity (Wildman–Crippen MR) is 101 cm³/mol. The fraction of sp³-hybridized carbons (Fsp3) is 0.333. The van der Waals surface area contributed by atoms with Gasteiger partial charge in [-0.05, 0) is 45.0 Å². The van der Waals surface area contributed by atoms with E-state index in [-0.39, 0.29) is 10.4 Å². The van der Waals surface area contributed by atoms with Crippen LogP contribution in [0, 0.1) is 0 Å². The predicted octanol–water partition coefficient (Wildman–Crippen LogP) is 2.28. The minimum Gasteiger partial charge on any atom is -0.462 e. The van der Waals surface area contributed by atoms with Crippen LogP contribution in [-0.2, 0) is 11.3 Å². The summed E-state index contributed by atoms with van der Waals surface area (Å²) in [5.41, 5.74) is 0.660. The lowest BCUT2D eigenvalue weighted by Gasteiger charge is -2.08. The van der Waals surface area contributed by atoms with Gasteiger partial charge in [-0.1, -0.05) is 11.3 Å². The minimum absolute atomic E-state index is 0.263. The first-order valence-electron chi connectivity index (χ1n) is 8.34. The van der Waals surface area contributed by atoms with E-state index in [2.05, 4.69) is 10.3 Å². The number of anilines is 1. The number of amides is 1. The van der Waals surface area contributed by atoms with Gasteiger partial charge in [-0.2, -0.15) is 0 Å². The second-order valence-corrected chi connectivity index (χ2v) is 6.21. The maximum absolute atomic E-state index is 12.5. The summed E-state index contributed by atoms with van der Waals surface area (Å²) >= 11 is 1.16. The fourth-order valence-electron chi connectivity index (χ4n) is 2.22. The van der Waals surface area contributed by atoms with Crippen molar-refractivity contribution in [3.8, 4) is 0 Å². The molecule has 0 aliphatic rings. The van der Waals surface area contributed by atoms with Crippen LogP contribution in [0.3, 0.4) is 0 Å². The molecular formula is C18H21N3O4S. The van der Waals surface area contributed by atoms with Gasteiger partial charge in [-0.3, -0.25) is 19.1 Å². The van der Waals surface area contributed by atoms with Crippen molar-refractivity contribution in [2.75, 3.05) is 18.5 Å². The molecular weight excluding hydrogens is 354 g/mol. The molecule has 0 bridgehead atoms. The molecule has 0 aliphatic heterocycles. The first-order valence-corrected chi connectivity index (χ1v) is 9.15. The number of carbonyl (C=O) groups excluding carboxylic acids is 2. The first-order chi connectivity index (χ1) is 12.5. The highest BCUT2D eigenvalue weighted by Gasteiger charge is 2.12. The molecule has 1 N–H and O–H groups in total.